The minimum absolute atomic E-state index is 0.00136. The zero-order valence-electron chi connectivity index (χ0n) is 16.3. The number of carbonyl (C=O) groups is 1. The highest BCUT2D eigenvalue weighted by molar-refractivity contribution is 6.33. The van der Waals surface area contributed by atoms with Crippen molar-refractivity contribution in [2.24, 2.45) is 0 Å². The van der Waals surface area contributed by atoms with Gasteiger partial charge in [0.2, 0.25) is 5.91 Å². The van der Waals surface area contributed by atoms with Crippen LogP contribution in [0.1, 0.15) is 18.4 Å². The Morgan fingerprint density at radius 1 is 1.26 bits per heavy atom. The van der Waals surface area contributed by atoms with Gasteiger partial charge in [-0.05, 0) is 31.0 Å². The number of benzene rings is 2. The standard InChI is InChI=1S/C21H20ClF3N2O4/c22-13-7-11(23)1-3-15(13)27-6-5-21(30,17(28)9-27)10-31-16-8-14(24)19(25)20-12(16)2-4-18(29)26-20/h1,3,7-8,17,28,30H,2,4-6,9-10H2,(H,26,29)/t17-,21-/m1/s1. The van der Waals surface area contributed by atoms with Crippen molar-refractivity contribution in [3.05, 3.63) is 52.3 Å². The van der Waals surface area contributed by atoms with E-state index in [2.05, 4.69) is 5.32 Å². The molecule has 2 aliphatic heterocycles. The van der Waals surface area contributed by atoms with Crippen molar-refractivity contribution in [2.75, 3.05) is 29.9 Å². The van der Waals surface area contributed by atoms with Gasteiger partial charge in [0.25, 0.3) is 0 Å². The van der Waals surface area contributed by atoms with E-state index in [0.717, 1.165) is 12.1 Å². The van der Waals surface area contributed by atoms with Crippen molar-refractivity contribution in [3.63, 3.8) is 0 Å². The summed E-state index contributed by atoms with van der Waals surface area (Å²) in [6.07, 6.45) is -0.909. The summed E-state index contributed by atoms with van der Waals surface area (Å²) in [5.74, 6) is -3.27. The predicted molar refractivity (Wildman–Crippen MR) is 108 cm³/mol. The molecule has 1 fully saturated rings. The van der Waals surface area contributed by atoms with Gasteiger partial charge < -0.3 is 25.2 Å². The molecule has 3 N–H and O–H groups in total. The number of fused-ring (bicyclic) bond motifs is 1. The molecule has 2 aromatic rings. The molecule has 0 bridgehead atoms. The van der Waals surface area contributed by atoms with Gasteiger partial charge in [0, 0.05) is 31.1 Å². The van der Waals surface area contributed by atoms with Crippen LogP contribution in [0.4, 0.5) is 24.5 Å². The molecule has 0 spiro atoms. The number of ether oxygens (including phenoxy) is 1. The first-order chi connectivity index (χ1) is 14.7. The number of aliphatic hydroxyl groups excluding tert-OH is 1. The van der Waals surface area contributed by atoms with E-state index in [4.69, 9.17) is 16.3 Å². The number of aliphatic hydroxyl groups is 2. The van der Waals surface area contributed by atoms with E-state index in [9.17, 15) is 28.2 Å². The molecule has 1 amide bonds. The number of nitrogens with zero attached hydrogens (tertiary/aromatic N) is 1. The first-order valence-electron chi connectivity index (χ1n) is 9.72. The Kier molecular flexibility index (Phi) is 5.76. The van der Waals surface area contributed by atoms with Crippen LogP contribution in [0.5, 0.6) is 5.75 Å². The SMILES string of the molecule is O=C1CCc2c(OC[C@]3(O)CCN(c4ccc(F)cc4Cl)C[C@H]3O)cc(F)c(F)c2N1. The van der Waals surface area contributed by atoms with Gasteiger partial charge in [-0.3, -0.25) is 4.79 Å². The zero-order chi connectivity index (χ0) is 22.3. The Bertz CT molecular complexity index is 1040. The van der Waals surface area contributed by atoms with Gasteiger partial charge in [0.1, 0.15) is 29.9 Å². The summed E-state index contributed by atoms with van der Waals surface area (Å²) in [6, 6.07) is 4.78. The molecule has 31 heavy (non-hydrogen) atoms. The highest BCUT2D eigenvalue weighted by atomic mass is 35.5. The highest BCUT2D eigenvalue weighted by Crippen LogP contribution is 2.37. The van der Waals surface area contributed by atoms with Gasteiger partial charge in [-0.15, -0.1) is 0 Å². The van der Waals surface area contributed by atoms with E-state index in [1.165, 1.54) is 12.1 Å². The number of β-amino-alcohol motifs (C(OH)–C–C–N with tert-alkyl or cyclic N) is 1. The quantitative estimate of drug-likeness (QED) is 0.659. The molecule has 0 saturated carbocycles. The summed E-state index contributed by atoms with van der Waals surface area (Å²) < 4.78 is 46.9. The topological polar surface area (TPSA) is 82.0 Å². The molecule has 2 aliphatic rings. The number of amides is 1. The molecule has 0 aliphatic carbocycles. The van der Waals surface area contributed by atoms with Crippen LogP contribution in [0.25, 0.3) is 0 Å². The van der Waals surface area contributed by atoms with E-state index < -0.39 is 35.1 Å². The molecule has 6 nitrogen and oxygen atoms in total. The molecule has 0 radical (unpaired) electrons. The average molecular weight is 457 g/mol. The number of carbonyl (C=O) groups excluding carboxylic acids is 1. The number of rotatable bonds is 4. The molecule has 2 aromatic carbocycles. The van der Waals surface area contributed by atoms with Crippen LogP contribution in [0.3, 0.4) is 0 Å². The molecule has 0 unspecified atom stereocenters. The lowest BCUT2D eigenvalue weighted by atomic mass is 9.89. The third-order valence-electron chi connectivity index (χ3n) is 5.71. The molecule has 166 valence electrons. The van der Waals surface area contributed by atoms with Crippen LogP contribution in [-0.2, 0) is 11.2 Å². The summed E-state index contributed by atoms with van der Waals surface area (Å²) in [5, 5.41) is 24.0. The Balaban J connectivity index is 1.49. The first-order valence-corrected chi connectivity index (χ1v) is 10.1. The summed E-state index contributed by atoms with van der Waals surface area (Å²) in [6.45, 7) is -0.0595. The van der Waals surface area contributed by atoms with E-state index in [0.29, 0.717) is 17.8 Å². The predicted octanol–water partition coefficient (Wildman–Crippen LogP) is 3.02. The zero-order valence-corrected chi connectivity index (χ0v) is 17.1. The first kappa shape index (κ1) is 21.7. The number of nitrogens with one attached hydrogen (secondary N) is 1. The largest absolute Gasteiger partial charge is 0.490 e. The van der Waals surface area contributed by atoms with Crippen LogP contribution in [-0.4, -0.2) is 47.5 Å². The molecular formula is C21H20ClF3N2O4. The van der Waals surface area contributed by atoms with E-state index in [1.54, 1.807) is 4.90 Å². The van der Waals surface area contributed by atoms with Gasteiger partial charge in [-0.25, -0.2) is 13.2 Å². The number of hydrogen-bond donors (Lipinski definition) is 3. The molecule has 2 atom stereocenters. The highest BCUT2D eigenvalue weighted by Gasteiger charge is 2.42. The molecule has 2 heterocycles. The van der Waals surface area contributed by atoms with E-state index in [-0.39, 0.29) is 48.9 Å². The molecule has 10 heteroatoms. The number of anilines is 2. The van der Waals surface area contributed by atoms with Gasteiger partial charge in [0.15, 0.2) is 11.6 Å². The second kappa shape index (κ2) is 8.22. The van der Waals surface area contributed by atoms with Crippen molar-refractivity contribution in [2.45, 2.75) is 31.0 Å². The smallest absolute Gasteiger partial charge is 0.224 e. The summed E-state index contributed by atoms with van der Waals surface area (Å²) in [5.41, 5.74) is -1.10. The third-order valence-corrected chi connectivity index (χ3v) is 6.01. The lowest BCUT2D eigenvalue weighted by Crippen LogP contribution is -2.58. The molecule has 0 aromatic heterocycles. The molecule has 1 saturated heterocycles. The molecular weight excluding hydrogens is 437 g/mol. The normalized spacial score (nSPS) is 23.4. The average Bonchev–Trinajstić information content (AvgIpc) is 2.72. The summed E-state index contributed by atoms with van der Waals surface area (Å²) in [4.78, 5) is 13.3. The minimum Gasteiger partial charge on any atom is -0.490 e. The second-order valence-corrected chi connectivity index (χ2v) is 8.18. The van der Waals surface area contributed by atoms with E-state index in [1.807, 2.05) is 0 Å². The fraction of sp³-hybridized carbons (Fsp3) is 0.381. The summed E-state index contributed by atoms with van der Waals surface area (Å²) >= 11 is 6.08. The Morgan fingerprint density at radius 2 is 2.03 bits per heavy atom. The van der Waals surface area contributed by atoms with Gasteiger partial charge in [-0.2, -0.15) is 0 Å². The van der Waals surface area contributed by atoms with Crippen molar-refractivity contribution in [1.82, 2.24) is 0 Å². The lowest BCUT2D eigenvalue weighted by Gasteiger charge is -2.43. The van der Waals surface area contributed by atoms with Crippen LogP contribution in [0.15, 0.2) is 24.3 Å². The van der Waals surface area contributed by atoms with Crippen molar-refractivity contribution >= 4 is 28.9 Å². The Morgan fingerprint density at radius 3 is 2.74 bits per heavy atom. The minimum atomic E-state index is -1.65. The fourth-order valence-corrected chi connectivity index (χ4v) is 4.17. The Labute approximate surface area is 181 Å². The van der Waals surface area contributed by atoms with Crippen molar-refractivity contribution in [3.8, 4) is 5.75 Å². The van der Waals surface area contributed by atoms with Crippen molar-refractivity contribution < 1.29 is 32.9 Å². The van der Waals surface area contributed by atoms with Gasteiger partial charge in [-0.1, -0.05) is 11.6 Å². The third kappa shape index (κ3) is 4.17. The number of piperidine rings is 1. The maximum absolute atomic E-state index is 14.1. The van der Waals surface area contributed by atoms with Crippen molar-refractivity contribution in [1.29, 1.82) is 0 Å². The van der Waals surface area contributed by atoms with Gasteiger partial charge in [0.05, 0.1) is 16.4 Å². The van der Waals surface area contributed by atoms with Crippen LogP contribution in [0.2, 0.25) is 5.02 Å². The molecule has 4 rings (SSSR count). The fourth-order valence-electron chi connectivity index (χ4n) is 3.88. The maximum atomic E-state index is 14.1. The maximum Gasteiger partial charge on any atom is 0.224 e. The van der Waals surface area contributed by atoms with Gasteiger partial charge >= 0.3 is 0 Å². The van der Waals surface area contributed by atoms with Crippen LogP contribution < -0.4 is 15.0 Å². The monoisotopic (exact) mass is 456 g/mol. The Hall–Kier alpha value is -2.49. The second-order valence-electron chi connectivity index (χ2n) is 7.77. The summed E-state index contributed by atoms with van der Waals surface area (Å²) in [7, 11) is 0. The van der Waals surface area contributed by atoms with E-state index >= 15 is 0 Å². The lowest BCUT2D eigenvalue weighted by molar-refractivity contribution is -0.116. The number of halogens is 4. The van der Waals surface area contributed by atoms with Crippen LogP contribution in [0, 0.1) is 17.5 Å². The number of hydrogen-bond acceptors (Lipinski definition) is 5. The van der Waals surface area contributed by atoms with Crippen LogP contribution >= 0.6 is 11.6 Å².